The average molecular weight is 233 g/mol. The van der Waals surface area contributed by atoms with Gasteiger partial charge in [-0.3, -0.25) is 4.79 Å². The fourth-order valence-corrected chi connectivity index (χ4v) is 1.79. The molecule has 0 radical (unpaired) electrons. The Morgan fingerprint density at radius 2 is 1.82 bits per heavy atom. The minimum atomic E-state index is -0.353. The first-order valence-corrected chi connectivity index (χ1v) is 6.14. The third-order valence-electron chi connectivity index (χ3n) is 2.66. The maximum Gasteiger partial charge on any atom is 0.232 e. The molecule has 0 unspecified atom stereocenters. The van der Waals surface area contributed by atoms with E-state index < -0.39 is 0 Å². The van der Waals surface area contributed by atoms with Crippen LogP contribution >= 0.6 is 0 Å². The lowest BCUT2D eigenvalue weighted by molar-refractivity contribution is -0.126. The van der Waals surface area contributed by atoms with Gasteiger partial charge in [-0.2, -0.15) is 0 Å². The van der Waals surface area contributed by atoms with Crippen molar-refractivity contribution in [1.29, 1.82) is 0 Å². The number of amides is 1. The zero-order valence-corrected chi connectivity index (χ0v) is 11.7. The fourth-order valence-electron chi connectivity index (χ4n) is 1.79. The molecule has 0 heterocycles. The normalized spacial score (nSPS) is 11.7. The maximum atomic E-state index is 12.4. The highest BCUT2D eigenvalue weighted by Crippen LogP contribution is 2.25. The molecule has 17 heavy (non-hydrogen) atoms. The molecule has 1 amide bonds. The van der Waals surface area contributed by atoms with Gasteiger partial charge >= 0.3 is 0 Å². The highest BCUT2D eigenvalue weighted by Gasteiger charge is 2.29. The van der Waals surface area contributed by atoms with Crippen LogP contribution in [0.15, 0.2) is 24.3 Å². The highest BCUT2D eigenvalue weighted by molar-refractivity contribution is 5.97. The number of aryl methyl sites for hydroxylation is 1. The minimum absolute atomic E-state index is 0.165. The second-order valence-electron chi connectivity index (χ2n) is 5.86. The van der Waals surface area contributed by atoms with E-state index in [1.807, 2.05) is 64.6 Å². The number of nitrogens with zero attached hydrogens (tertiary/aromatic N) is 1. The average Bonchev–Trinajstić information content (AvgIpc) is 2.15. The van der Waals surface area contributed by atoms with E-state index in [1.54, 1.807) is 0 Å². The van der Waals surface area contributed by atoms with Crippen LogP contribution in [-0.4, -0.2) is 11.9 Å². The van der Waals surface area contributed by atoms with E-state index in [9.17, 15) is 4.79 Å². The lowest BCUT2D eigenvalue weighted by Gasteiger charge is -2.33. The molecule has 0 bridgehead atoms. The molecular weight excluding hydrogens is 210 g/mol. The molecule has 0 aliphatic rings. The van der Waals surface area contributed by atoms with Crippen LogP contribution < -0.4 is 4.90 Å². The molecule has 1 rings (SSSR count). The van der Waals surface area contributed by atoms with Crippen LogP contribution in [0.25, 0.3) is 0 Å². The first-order valence-electron chi connectivity index (χ1n) is 6.14. The van der Waals surface area contributed by atoms with E-state index in [1.165, 1.54) is 5.56 Å². The summed E-state index contributed by atoms with van der Waals surface area (Å²) in [5, 5.41) is 0. The van der Waals surface area contributed by atoms with Crippen LogP contribution in [0.1, 0.15) is 40.2 Å². The van der Waals surface area contributed by atoms with Gasteiger partial charge in [0.05, 0.1) is 0 Å². The quantitative estimate of drug-likeness (QED) is 0.761. The SMILES string of the molecule is Cc1cccc(N(C(=O)C(C)(C)C)C(C)C)c1. The first-order chi connectivity index (χ1) is 7.73. The summed E-state index contributed by atoms with van der Waals surface area (Å²) in [6.45, 7) is 12.0. The molecule has 1 aromatic carbocycles. The van der Waals surface area contributed by atoms with E-state index in [0.717, 1.165) is 5.69 Å². The number of benzene rings is 1. The summed E-state index contributed by atoms with van der Waals surface area (Å²) >= 11 is 0. The Morgan fingerprint density at radius 3 is 2.24 bits per heavy atom. The summed E-state index contributed by atoms with van der Waals surface area (Å²) in [7, 11) is 0. The number of hydrogen-bond acceptors (Lipinski definition) is 1. The van der Waals surface area contributed by atoms with Crippen molar-refractivity contribution in [2.45, 2.75) is 47.6 Å². The summed E-state index contributed by atoms with van der Waals surface area (Å²) in [4.78, 5) is 14.3. The monoisotopic (exact) mass is 233 g/mol. The van der Waals surface area contributed by atoms with Crippen molar-refractivity contribution < 1.29 is 4.79 Å². The fraction of sp³-hybridized carbons (Fsp3) is 0.533. The Hall–Kier alpha value is -1.31. The topological polar surface area (TPSA) is 20.3 Å². The molecule has 0 saturated carbocycles. The third kappa shape index (κ3) is 3.32. The maximum absolute atomic E-state index is 12.4. The molecule has 0 aliphatic heterocycles. The lowest BCUT2D eigenvalue weighted by atomic mass is 9.93. The Labute approximate surface area is 105 Å². The molecule has 0 saturated heterocycles. The van der Waals surface area contributed by atoms with Gasteiger partial charge in [-0.15, -0.1) is 0 Å². The number of rotatable bonds is 2. The molecule has 0 spiro atoms. The predicted molar refractivity (Wildman–Crippen MR) is 73.3 cm³/mol. The number of carbonyl (C=O) groups excluding carboxylic acids is 1. The standard InChI is InChI=1S/C15H23NO/c1-11(2)16(14(17)15(4,5)6)13-9-7-8-12(3)10-13/h7-11H,1-6H3. The zero-order valence-electron chi connectivity index (χ0n) is 11.7. The largest absolute Gasteiger partial charge is 0.309 e. The molecule has 0 aliphatic carbocycles. The molecule has 0 aromatic heterocycles. The van der Waals surface area contributed by atoms with Gasteiger partial charge in [-0.05, 0) is 38.5 Å². The van der Waals surface area contributed by atoms with Crippen molar-refractivity contribution in [2.24, 2.45) is 5.41 Å². The van der Waals surface area contributed by atoms with Gasteiger partial charge in [0.15, 0.2) is 0 Å². The van der Waals surface area contributed by atoms with Crippen molar-refractivity contribution in [3.63, 3.8) is 0 Å². The second kappa shape index (κ2) is 4.91. The van der Waals surface area contributed by atoms with E-state index in [2.05, 4.69) is 6.07 Å². The molecule has 0 fully saturated rings. The molecule has 2 heteroatoms. The van der Waals surface area contributed by atoms with Crippen LogP contribution in [0.4, 0.5) is 5.69 Å². The number of carbonyl (C=O) groups is 1. The Morgan fingerprint density at radius 1 is 1.24 bits per heavy atom. The highest BCUT2D eigenvalue weighted by atomic mass is 16.2. The molecule has 0 atom stereocenters. The molecular formula is C15H23NO. The zero-order chi connectivity index (χ0) is 13.2. The Balaban J connectivity index is 3.15. The summed E-state index contributed by atoms with van der Waals surface area (Å²) in [5.41, 5.74) is 1.81. The summed E-state index contributed by atoms with van der Waals surface area (Å²) in [6, 6.07) is 8.27. The summed E-state index contributed by atoms with van der Waals surface area (Å²) in [5.74, 6) is 0.165. The van der Waals surface area contributed by atoms with Gasteiger partial charge in [-0.25, -0.2) is 0 Å². The van der Waals surface area contributed by atoms with E-state index in [0.29, 0.717) is 0 Å². The van der Waals surface area contributed by atoms with Crippen molar-refractivity contribution in [3.05, 3.63) is 29.8 Å². The van der Waals surface area contributed by atoms with Gasteiger partial charge in [-0.1, -0.05) is 32.9 Å². The first kappa shape index (κ1) is 13.8. The van der Waals surface area contributed by atoms with Crippen LogP contribution in [0, 0.1) is 12.3 Å². The van der Waals surface area contributed by atoms with Crippen LogP contribution in [0.3, 0.4) is 0 Å². The van der Waals surface area contributed by atoms with Gasteiger partial charge in [0.1, 0.15) is 0 Å². The van der Waals surface area contributed by atoms with Crippen molar-refractivity contribution in [1.82, 2.24) is 0 Å². The molecule has 94 valence electrons. The van der Waals surface area contributed by atoms with Crippen LogP contribution in [-0.2, 0) is 4.79 Å². The molecule has 1 aromatic rings. The van der Waals surface area contributed by atoms with E-state index >= 15 is 0 Å². The summed E-state index contributed by atoms with van der Waals surface area (Å²) < 4.78 is 0. The summed E-state index contributed by atoms with van der Waals surface area (Å²) in [6.07, 6.45) is 0. The molecule has 0 N–H and O–H groups in total. The van der Waals surface area contributed by atoms with Crippen LogP contribution in [0.5, 0.6) is 0 Å². The Bertz CT molecular complexity index is 402. The van der Waals surface area contributed by atoms with Crippen molar-refractivity contribution in [2.75, 3.05) is 4.90 Å². The smallest absolute Gasteiger partial charge is 0.232 e. The van der Waals surface area contributed by atoms with Gasteiger partial charge in [0.2, 0.25) is 5.91 Å². The predicted octanol–water partition coefficient (Wildman–Crippen LogP) is 3.78. The van der Waals surface area contributed by atoms with Gasteiger partial charge < -0.3 is 4.90 Å². The van der Waals surface area contributed by atoms with Crippen molar-refractivity contribution >= 4 is 11.6 Å². The number of hydrogen-bond donors (Lipinski definition) is 0. The van der Waals surface area contributed by atoms with E-state index in [4.69, 9.17) is 0 Å². The van der Waals surface area contributed by atoms with Gasteiger partial charge in [0, 0.05) is 17.1 Å². The van der Waals surface area contributed by atoms with E-state index in [-0.39, 0.29) is 17.4 Å². The second-order valence-corrected chi connectivity index (χ2v) is 5.86. The number of anilines is 1. The third-order valence-corrected chi connectivity index (χ3v) is 2.66. The minimum Gasteiger partial charge on any atom is -0.309 e. The lowest BCUT2D eigenvalue weighted by Crippen LogP contribution is -2.43. The Kier molecular flexibility index (Phi) is 3.97. The van der Waals surface area contributed by atoms with Crippen LogP contribution in [0.2, 0.25) is 0 Å². The molecule has 2 nitrogen and oxygen atoms in total. The van der Waals surface area contributed by atoms with Crippen molar-refractivity contribution in [3.8, 4) is 0 Å². The van der Waals surface area contributed by atoms with Gasteiger partial charge in [0.25, 0.3) is 0 Å².